The van der Waals surface area contributed by atoms with Crippen molar-refractivity contribution in [3.05, 3.63) is 35.4 Å². The first-order valence-corrected chi connectivity index (χ1v) is 7.31. The van der Waals surface area contributed by atoms with Crippen molar-refractivity contribution >= 4 is 5.97 Å². The molecule has 1 aromatic carbocycles. The Kier molecular flexibility index (Phi) is 4.97. The number of carbonyl (C=O) groups is 1. The summed E-state index contributed by atoms with van der Waals surface area (Å²) in [6.45, 7) is 6.35. The Balaban J connectivity index is 2.15. The van der Waals surface area contributed by atoms with Gasteiger partial charge in [-0.1, -0.05) is 44.9 Å². The molecule has 1 unspecified atom stereocenters. The van der Waals surface area contributed by atoms with Gasteiger partial charge in [0.05, 0.1) is 5.56 Å². The average Bonchev–Trinajstić information content (AvgIpc) is 2.77. The van der Waals surface area contributed by atoms with Crippen LogP contribution in [0.3, 0.4) is 0 Å². The van der Waals surface area contributed by atoms with Gasteiger partial charge in [-0.2, -0.15) is 0 Å². The second-order valence-electron chi connectivity index (χ2n) is 5.09. The summed E-state index contributed by atoms with van der Waals surface area (Å²) in [6, 6.07) is 7.74. The standard InChI is InChI=1S/C16H23NO2/c1-3-5-11-17(12-6-4-2)15-13-9-7-8-10-14(13)16(18)19-15/h7-10,15H,3-6,11-12H2,1-2H3. The lowest BCUT2D eigenvalue weighted by Gasteiger charge is -2.27. The van der Waals surface area contributed by atoms with Gasteiger partial charge in [-0.25, -0.2) is 4.79 Å². The van der Waals surface area contributed by atoms with Gasteiger partial charge >= 0.3 is 5.97 Å². The van der Waals surface area contributed by atoms with E-state index in [0.29, 0.717) is 0 Å². The lowest BCUT2D eigenvalue weighted by molar-refractivity contribution is -0.0241. The van der Waals surface area contributed by atoms with Gasteiger partial charge in [0.1, 0.15) is 0 Å². The number of nitrogens with zero attached hydrogens (tertiary/aromatic N) is 1. The first kappa shape index (κ1) is 14.1. The molecule has 1 atom stereocenters. The molecule has 0 amide bonds. The van der Waals surface area contributed by atoms with Crippen LogP contribution in [0.4, 0.5) is 0 Å². The van der Waals surface area contributed by atoms with Gasteiger partial charge in [0.25, 0.3) is 0 Å². The fourth-order valence-electron chi connectivity index (χ4n) is 2.47. The fraction of sp³-hybridized carbons (Fsp3) is 0.562. The van der Waals surface area contributed by atoms with Crippen molar-refractivity contribution in [1.82, 2.24) is 4.90 Å². The number of esters is 1. The first-order chi connectivity index (χ1) is 9.27. The van der Waals surface area contributed by atoms with E-state index < -0.39 is 0 Å². The highest BCUT2D eigenvalue weighted by atomic mass is 16.6. The number of rotatable bonds is 7. The molecule has 0 aromatic heterocycles. The summed E-state index contributed by atoms with van der Waals surface area (Å²) in [6.07, 6.45) is 4.41. The van der Waals surface area contributed by atoms with E-state index in [4.69, 9.17) is 4.74 Å². The maximum Gasteiger partial charge on any atom is 0.340 e. The molecule has 0 radical (unpaired) electrons. The lowest BCUT2D eigenvalue weighted by Crippen LogP contribution is -2.31. The molecular weight excluding hydrogens is 238 g/mol. The predicted octanol–water partition coefficient (Wildman–Crippen LogP) is 3.76. The van der Waals surface area contributed by atoms with E-state index in [1.165, 1.54) is 0 Å². The maximum atomic E-state index is 11.9. The summed E-state index contributed by atoms with van der Waals surface area (Å²) < 4.78 is 5.58. The first-order valence-electron chi connectivity index (χ1n) is 7.31. The van der Waals surface area contributed by atoms with E-state index in [0.717, 1.165) is 49.9 Å². The van der Waals surface area contributed by atoms with E-state index in [9.17, 15) is 4.79 Å². The van der Waals surface area contributed by atoms with Crippen LogP contribution in [-0.4, -0.2) is 24.0 Å². The fourth-order valence-corrected chi connectivity index (χ4v) is 2.47. The molecule has 19 heavy (non-hydrogen) atoms. The van der Waals surface area contributed by atoms with Crippen LogP contribution in [0.2, 0.25) is 0 Å². The number of carbonyl (C=O) groups excluding carboxylic acids is 1. The minimum Gasteiger partial charge on any atom is -0.438 e. The highest BCUT2D eigenvalue weighted by Gasteiger charge is 2.34. The summed E-state index contributed by atoms with van der Waals surface area (Å²) in [4.78, 5) is 14.2. The number of unbranched alkanes of at least 4 members (excludes halogenated alkanes) is 2. The molecule has 0 saturated heterocycles. The highest BCUT2D eigenvalue weighted by Crippen LogP contribution is 2.33. The van der Waals surface area contributed by atoms with Crippen molar-refractivity contribution in [2.24, 2.45) is 0 Å². The highest BCUT2D eigenvalue weighted by molar-refractivity contribution is 5.93. The number of hydrogen-bond donors (Lipinski definition) is 0. The van der Waals surface area contributed by atoms with Crippen LogP contribution < -0.4 is 0 Å². The third-order valence-corrected chi connectivity index (χ3v) is 3.59. The summed E-state index contributed by atoms with van der Waals surface area (Å²) >= 11 is 0. The van der Waals surface area contributed by atoms with E-state index in [2.05, 4.69) is 18.7 Å². The molecule has 0 saturated carbocycles. The maximum absolute atomic E-state index is 11.9. The Morgan fingerprint density at radius 3 is 2.37 bits per heavy atom. The van der Waals surface area contributed by atoms with Crippen molar-refractivity contribution in [3.63, 3.8) is 0 Å². The average molecular weight is 261 g/mol. The number of hydrogen-bond acceptors (Lipinski definition) is 3. The number of cyclic esters (lactones) is 1. The van der Waals surface area contributed by atoms with E-state index in [1.807, 2.05) is 24.3 Å². The Hall–Kier alpha value is -1.35. The Labute approximate surface area is 115 Å². The van der Waals surface area contributed by atoms with Gasteiger partial charge in [0.2, 0.25) is 0 Å². The van der Waals surface area contributed by atoms with Gasteiger partial charge in [0.15, 0.2) is 6.23 Å². The normalized spacial score (nSPS) is 17.6. The van der Waals surface area contributed by atoms with Crippen molar-refractivity contribution < 1.29 is 9.53 Å². The number of benzene rings is 1. The summed E-state index contributed by atoms with van der Waals surface area (Å²) in [5.74, 6) is -0.182. The molecule has 3 nitrogen and oxygen atoms in total. The number of fused-ring (bicyclic) bond motifs is 1. The van der Waals surface area contributed by atoms with Crippen molar-refractivity contribution in [3.8, 4) is 0 Å². The SMILES string of the molecule is CCCCN(CCCC)C1OC(=O)c2ccccc21. The second kappa shape index (κ2) is 6.71. The third kappa shape index (κ3) is 3.16. The summed E-state index contributed by atoms with van der Waals surface area (Å²) in [7, 11) is 0. The van der Waals surface area contributed by atoms with Gasteiger partial charge in [0, 0.05) is 18.7 Å². The van der Waals surface area contributed by atoms with Crippen LogP contribution in [0.5, 0.6) is 0 Å². The van der Waals surface area contributed by atoms with Crippen molar-refractivity contribution in [1.29, 1.82) is 0 Å². The molecule has 2 rings (SSSR count). The minimum absolute atomic E-state index is 0.179. The molecule has 1 aliphatic heterocycles. The molecule has 1 aliphatic rings. The zero-order chi connectivity index (χ0) is 13.7. The van der Waals surface area contributed by atoms with Crippen molar-refractivity contribution in [2.45, 2.75) is 45.8 Å². The molecule has 1 heterocycles. The van der Waals surface area contributed by atoms with E-state index in [-0.39, 0.29) is 12.2 Å². The van der Waals surface area contributed by atoms with Gasteiger partial charge in [-0.15, -0.1) is 0 Å². The Morgan fingerprint density at radius 2 is 1.74 bits per heavy atom. The summed E-state index contributed by atoms with van der Waals surface area (Å²) in [5, 5.41) is 0. The van der Waals surface area contributed by atoms with Crippen LogP contribution in [0.15, 0.2) is 24.3 Å². The lowest BCUT2D eigenvalue weighted by atomic mass is 10.1. The molecule has 1 aromatic rings. The van der Waals surface area contributed by atoms with Crippen LogP contribution in [0, 0.1) is 0 Å². The Morgan fingerprint density at radius 1 is 1.11 bits per heavy atom. The van der Waals surface area contributed by atoms with Gasteiger partial charge in [-0.05, 0) is 18.9 Å². The smallest absolute Gasteiger partial charge is 0.340 e. The minimum atomic E-state index is -0.182. The van der Waals surface area contributed by atoms with Gasteiger partial charge < -0.3 is 4.74 Å². The summed E-state index contributed by atoms with van der Waals surface area (Å²) in [5.41, 5.74) is 1.75. The molecular formula is C16H23NO2. The zero-order valence-electron chi connectivity index (χ0n) is 11.9. The molecule has 0 aliphatic carbocycles. The molecule has 0 fully saturated rings. The molecule has 0 spiro atoms. The van der Waals surface area contributed by atoms with Crippen LogP contribution >= 0.6 is 0 Å². The third-order valence-electron chi connectivity index (χ3n) is 3.59. The molecule has 3 heteroatoms. The largest absolute Gasteiger partial charge is 0.438 e. The monoisotopic (exact) mass is 261 g/mol. The quantitative estimate of drug-likeness (QED) is 0.700. The predicted molar refractivity (Wildman–Crippen MR) is 76.0 cm³/mol. The molecule has 104 valence electrons. The van der Waals surface area contributed by atoms with E-state index >= 15 is 0 Å². The molecule has 0 bridgehead atoms. The number of ether oxygens (including phenoxy) is 1. The zero-order valence-corrected chi connectivity index (χ0v) is 11.9. The van der Waals surface area contributed by atoms with E-state index in [1.54, 1.807) is 0 Å². The molecule has 0 N–H and O–H groups in total. The van der Waals surface area contributed by atoms with Gasteiger partial charge in [-0.3, -0.25) is 4.90 Å². The van der Waals surface area contributed by atoms with Crippen LogP contribution in [0.25, 0.3) is 0 Å². The van der Waals surface area contributed by atoms with Crippen molar-refractivity contribution in [2.75, 3.05) is 13.1 Å². The van der Waals surface area contributed by atoms with Crippen LogP contribution in [0.1, 0.15) is 61.7 Å². The van der Waals surface area contributed by atoms with Crippen LogP contribution in [-0.2, 0) is 4.74 Å². The Bertz CT molecular complexity index is 423. The topological polar surface area (TPSA) is 29.5 Å². The second-order valence-corrected chi connectivity index (χ2v) is 5.09.